The molecule has 0 spiro atoms. The van der Waals surface area contributed by atoms with Crippen LogP contribution in [0.5, 0.6) is 11.5 Å². The molecule has 2 heterocycles. The second-order valence-corrected chi connectivity index (χ2v) is 9.12. The van der Waals surface area contributed by atoms with E-state index in [0.717, 1.165) is 56.3 Å². The molecule has 1 aromatic rings. The van der Waals surface area contributed by atoms with E-state index in [-0.39, 0.29) is 11.9 Å². The predicted octanol–water partition coefficient (Wildman–Crippen LogP) is 4.58. The molecule has 3 rings (SSSR count). The Labute approximate surface area is 182 Å². The molecule has 1 fully saturated rings. The number of fused-ring (bicyclic) bond motifs is 1. The molecule has 168 valence electrons. The summed E-state index contributed by atoms with van der Waals surface area (Å²) in [7, 11) is 0. The lowest BCUT2D eigenvalue weighted by molar-refractivity contribution is -0.122. The Balaban J connectivity index is 1.58. The zero-order valence-corrected chi connectivity index (χ0v) is 19.0. The Morgan fingerprint density at radius 2 is 1.97 bits per heavy atom. The third-order valence-electron chi connectivity index (χ3n) is 6.18. The monoisotopic (exact) mass is 416 g/mol. The summed E-state index contributed by atoms with van der Waals surface area (Å²) in [5.74, 6) is 2.58. The van der Waals surface area contributed by atoms with Crippen molar-refractivity contribution in [3.63, 3.8) is 0 Å². The van der Waals surface area contributed by atoms with Gasteiger partial charge in [0, 0.05) is 25.6 Å². The average molecular weight is 417 g/mol. The minimum atomic E-state index is 0.126. The maximum atomic E-state index is 12.6. The van der Waals surface area contributed by atoms with Crippen molar-refractivity contribution in [2.24, 2.45) is 5.92 Å². The maximum absolute atomic E-state index is 12.6. The number of amides is 1. The third-order valence-corrected chi connectivity index (χ3v) is 6.18. The van der Waals surface area contributed by atoms with Gasteiger partial charge in [0.05, 0.1) is 0 Å². The fourth-order valence-corrected chi connectivity index (χ4v) is 4.61. The highest BCUT2D eigenvalue weighted by Crippen LogP contribution is 2.31. The van der Waals surface area contributed by atoms with Gasteiger partial charge in [-0.3, -0.25) is 4.79 Å². The van der Waals surface area contributed by atoms with Crippen LogP contribution in [0.2, 0.25) is 0 Å². The molecule has 5 heteroatoms. The van der Waals surface area contributed by atoms with Crippen LogP contribution >= 0.6 is 0 Å². The molecular weight excluding hydrogens is 376 g/mol. The SMILES string of the molecule is CCCCCCCC(=O)N[C@@H](Cc1ccc2c(c1)OCCO2)CN1CCCC(C)C1. The van der Waals surface area contributed by atoms with Gasteiger partial charge in [-0.1, -0.05) is 45.6 Å². The summed E-state index contributed by atoms with van der Waals surface area (Å²) >= 11 is 0. The molecule has 2 aliphatic heterocycles. The van der Waals surface area contributed by atoms with Gasteiger partial charge in [0.15, 0.2) is 11.5 Å². The van der Waals surface area contributed by atoms with Crippen molar-refractivity contribution in [2.75, 3.05) is 32.8 Å². The Bertz CT molecular complexity index is 664. The van der Waals surface area contributed by atoms with Gasteiger partial charge in [-0.2, -0.15) is 0 Å². The molecule has 2 aliphatic rings. The molecule has 30 heavy (non-hydrogen) atoms. The van der Waals surface area contributed by atoms with E-state index in [9.17, 15) is 4.79 Å². The van der Waals surface area contributed by atoms with Crippen LogP contribution in [-0.2, 0) is 11.2 Å². The highest BCUT2D eigenvalue weighted by molar-refractivity contribution is 5.76. The minimum Gasteiger partial charge on any atom is -0.486 e. The first-order valence-corrected chi connectivity index (χ1v) is 12.0. The number of likely N-dealkylation sites (tertiary alicyclic amines) is 1. The van der Waals surface area contributed by atoms with Crippen molar-refractivity contribution >= 4 is 5.91 Å². The second-order valence-electron chi connectivity index (χ2n) is 9.12. The van der Waals surface area contributed by atoms with Gasteiger partial charge in [0.2, 0.25) is 5.91 Å². The lowest BCUT2D eigenvalue weighted by Gasteiger charge is -2.34. The van der Waals surface area contributed by atoms with E-state index in [1.807, 2.05) is 6.07 Å². The van der Waals surface area contributed by atoms with E-state index in [2.05, 4.69) is 36.2 Å². The first kappa shape index (κ1) is 22.9. The fourth-order valence-electron chi connectivity index (χ4n) is 4.61. The predicted molar refractivity (Wildman–Crippen MR) is 121 cm³/mol. The van der Waals surface area contributed by atoms with Crippen molar-refractivity contribution in [3.8, 4) is 11.5 Å². The van der Waals surface area contributed by atoms with E-state index >= 15 is 0 Å². The molecule has 1 saturated heterocycles. The molecular formula is C25H40N2O3. The number of benzene rings is 1. The number of carbonyl (C=O) groups excluding carboxylic acids is 1. The number of hydrogen-bond donors (Lipinski definition) is 1. The summed E-state index contributed by atoms with van der Waals surface area (Å²) in [4.78, 5) is 15.2. The number of nitrogens with zero attached hydrogens (tertiary/aromatic N) is 1. The van der Waals surface area contributed by atoms with E-state index in [0.29, 0.717) is 19.6 Å². The summed E-state index contributed by atoms with van der Waals surface area (Å²) < 4.78 is 11.4. The number of carbonyl (C=O) groups is 1. The van der Waals surface area contributed by atoms with Crippen molar-refractivity contribution in [1.82, 2.24) is 10.2 Å². The number of hydrogen-bond acceptors (Lipinski definition) is 4. The summed E-state index contributed by atoms with van der Waals surface area (Å²) in [6.07, 6.45) is 9.90. The number of piperidine rings is 1. The minimum absolute atomic E-state index is 0.126. The van der Waals surface area contributed by atoms with Crippen molar-refractivity contribution in [3.05, 3.63) is 23.8 Å². The second kappa shape index (κ2) is 12.2. The largest absolute Gasteiger partial charge is 0.486 e. The fraction of sp³-hybridized carbons (Fsp3) is 0.720. The van der Waals surface area contributed by atoms with Gasteiger partial charge in [0.25, 0.3) is 0 Å². The van der Waals surface area contributed by atoms with Crippen LogP contribution in [0.25, 0.3) is 0 Å². The molecule has 1 aromatic carbocycles. The average Bonchev–Trinajstić information content (AvgIpc) is 2.73. The summed E-state index contributed by atoms with van der Waals surface area (Å²) in [5, 5.41) is 3.35. The highest BCUT2D eigenvalue weighted by Gasteiger charge is 2.22. The van der Waals surface area contributed by atoms with Crippen molar-refractivity contribution < 1.29 is 14.3 Å². The third kappa shape index (κ3) is 7.50. The molecule has 0 bridgehead atoms. The van der Waals surface area contributed by atoms with Crippen LogP contribution in [0.4, 0.5) is 0 Å². The molecule has 1 unspecified atom stereocenters. The molecule has 0 aliphatic carbocycles. The maximum Gasteiger partial charge on any atom is 0.220 e. The number of nitrogens with one attached hydrogen (secondary N) is 1. The van der Waals surface area contributed by atoms with E-state index in [4.69, 9.17) is 9.47 Å². The van der Waals surface area contributed by atoms with Crippen LogP contribution in [0.15, 0.2) is 18.2 Å². The molecule has 0 radical (unpaired) electrons. The molecule has 5 nitrogen and oxygen atoms in total. The first-order valence-electron chi connectivity index (χ1n) is 12.0. The topological polar surface area (TPSA) is 50.8 Å². The van der Waals surface area contributed by atoms with Crippen LogP contribution < -0.4 is 14.8 Å². The standard InChI is InChI=1S/C25H40N2O3/c1-3-4-5-6-7-10-25(28)26-22(19-27-13-8-9-20(2)18-27)16-21-11-12-23-24(17-21)30-15-14-29-23/h11-12,17,20,22H,3-10,13-16,18-19H2,1-2H3,(H,26,28)/t20?,22-/m0/s1. The zero-order chi connectivity index (χ0) is 21.2. The number of rotatable bonds is 11. The Hall–Kier alpha value is -1.75. The summed E-state index contributed by atoms with van der Waals surface area (Å²) in [6, 6.07) is 6.31. The Kier molecular flexibility index (Phi) is 9.31. The molecule has 1 amide bonds. The van der Waals surface area contributed by atoms with Crippen molar-refractivity contribution in [2.45, 2.75) is 77.7 Å². The quantitative estimate of drug-likeness (QED) is 0.537. The van der Waals surface area contributed by atoms with Gasteiger partial charge in [-0.05, 0) is 55.8 Å². The first-order chi connectivity index (χ1) is 14.6. The van der Waals surface area contributed by atoms with Crippen LogP contribution in [0, 0.1) is 5.92 Å². The smallest absolute Gasteiger partial charge is 0.220 e. The summed E-state index contributed by atoms with van der Waals surface area (Å²) in [5.41, 5.74) is 1.19. The summed E-state index contributed by atoms with van der Waals surface area (Å²) in [6.45, 7) is 8.93. The van der Waals surface area contributed by atoms with Crippen LogP contribution in [0.1, 0.15) is 70.8 Å². The molecule has 0 saturated carbocycles. The van der Waals surface area contributed by atoms with Crippen LogP contribution in [0.3, 0.4) is 0 Å². The Morgan fingerprint density at radius 1 is 1.17 bits per heavy atom. The van der Waals surface area contributed by atoms with Gasteiger partial charge in [-0.25, -0.2) is 0 Å². The Morgan fingerprint density at radius 3 is 2.77 bits per heavy atom. The lowest BCUT2D eigenvalue weighted by atomic mass is 9.98. The molecule has 0 aromatic heterocycles. The van der Waals surface area contributed by atoms with Crippen LogP contribution in [-0.4, -0.2) is 49.7 Å². The van der Waals surface area contributed by atoms with Gasteiger partial charge in [0.1, 0.15) is 13.2 Å². The number of ether oxygens (including phenoxy) is 2. The lowest BCUT2D eigenvalue weighted by Crippen LogP contribution is -2.47. The van der Waals surface area contributed by atoms with Crippen molar-refractivity contribution in [1.29, 1.82) is 0 Å². The molecule has 2 atom stereocenters. The van der Waals surface area contributed by atoms with E-state index in [1.165, 1.54) is 37.7 Å². The normalized spacial score (nSPS) is 20.0. The van der Waals surface area contributed by atoms with E-state index in [1.54, 1.807) is 0 Å². The van der Waals surface area contributed by atoms with E-state index < -0.39 is 0 Å². The van der Waals surface area contributed by atoms with Gasteiger partial charge in [-0.15, -0.1) is 0 Å². The zero-order valence-electron chi connectivity index (χ0n) is 19.0. The van der Waals surface area contributed by atoms with Gasteiger partial charge >= 0.3 is 0 Å². The molecule has 1 N–H and O–H groups in total. The van der Waals surface area contributed by atoms with Gasteiger partial charge < -0.3 is 19.7 Å². The highest BCUT2D eigenvalue weighted by atomic mass is 16.6. The number of unbranched alkanes of at least 4 members (excludes halogenated alkanes) is 4.